The fourth-order valence-electron chi connectivity index (χ4n) is 4.31. The molecule has 1 aliphatic rings. The number of hydrogen-bond acceptors (Lipinski definition) is 5. The second-order valence-corrected chi connectivity index (χ2v) is 10.5. The average molecular weight is 485 g/mol. The normalized spacial score (nSPS) is 15.2. The Morgan fingerprint density at radius 2 is 1.52 bits per heavy atom. The zero-order chi connectivity index (χ0) is 23.6. The van der Waals surface area contributed by atoms with Crippen LogP contribution in [0.25, 0.3) is 0 Å². The number of aromatic nitrogens is 2. The van der Waals surface area contributed by atoms with Crippen LogP contribution in [0.5, 0.6) is 0 Å². The number of nitrogens with zero attached hydrogens (tertiary/aromatic N) is 2. The summed E-state index contributed by atoms with van der Waals surface area (Å²) in [6, 6.07) is 15.2. The Labute approximate surface area is 198 Å². The maximum absolute atomic E-state index is 13.3. The first-order valence-electron chi connectivity index (χ1n) is 10.7. The minimum absolute atomic E-state index is 0.0241. The van der Waals surface area contributed by atoms with Crippen molar-refractivity contribution in [2.24, 2.45) is 0 Å². The molecule has 1 fully saturated rings. The number of anilines is 2. The van der Waals surface area contributed by atoms with Crippen molar-refractivity contribution in [3.05, 3.63) is 76.6 Å². The van der Waals surface area contributed by atoms with Crippen molar-refractivity contribution < 1.29 is 13.2 Å². The molecule has 7 nitrogen and oxygen atoms in total. The molecular formula is C24H25ClN4O3S. The molecule has 0 atom stereocenters. The van der Waals surface area contributed by atoms with Gasteiger partial charge in [-0.2, -0.15) is 0 Å². The van der Waals surface area contributed by atoms with Crippen LogP contribution in [0.15, 0.2) is 59.5 Å². The minimum Gasteiger partial charge on any atom is -0.325 e. The fraction of sp³-hybridized carbons (Fsp3) is 0.292. The van der Waals surface area contributed by atoms with Gasteiger partial charge in [0.05, 0.1) is 10.3 Å². The number of hydrogen-bond donors (Lipinski definition) is 2. The molecule has 0 aliphatic heterocycles. The van der Waals surface area contributed by atoms with E-state index < -0.39 is 15.4 Å². The summed E-state index contributed by atoms with van der Waals surface area (Å²) in [5.74, 6) is -0.0734. The molecule has 1 aliphatic carbocycles. The summed E-state index contributed by atoms with van der Waals surface area (Å²) in [6.45, 7) is 3.54. The molecule has 2 aromatic carbocycles. The summed E-state index contributed by atoms with van der Waals surface area (Å²) in [5, 5.41) is 3.60. The second-order valence-electron chi connectivity index (χ2n) is 8.35. The van der Waals surface area contributed by atoms with Gasteiger partial charge in [0.25, 0.3) is 10.0 Å². The molecule has 33 heavy (non-hydrogen) atoms. The van der Waals surface area contributed by atoms with Gasteiger partial charge in [-0.05, 0) is 74.7 Å². The highest BCUT2D eigenvalue weighted by Crippen LogP contribution is 2.42. The van der Waals surface area contributed by atoms with Gasteiger partial charge in [0.15, 0.2) is 0 Å². The van der Waals surface area contributed by atoms with Crippen LogP contribution in [0.1, 0.15) is 42.6 Å². The third-order valence-corrected chi connectivity index (χ3v) is 7.52. The quantitative estimate of drug-likeness (QED) is 0.512. The van der Waals surface area contributed by atoms with Crippen LogP contribution in [0, 0.1) is 13.8 Å². The maximum atomic E-state index is 13.3. The monoisotopic (exact) mass is 484 g/mol. The second kappa shape index (κ2) is 9.11. The number of nitrogens with one attached hydrogen (secondary N) is 2. The lowest BCUT2D eigenvalue weighted by atomic mass is 9.78. The number of benzene rings is 2. The topological polar surface area (TPSA) is 101 Å². The molecule has 1 saturated carbocycles. The molecule has 172 valence electrons. The Morgan fingerprint density at radius 3 is 2.09 bits per heavy atom. The van der Waals surface area contributed by atoms with Gasteiger partial charge in [0.2, 0.25) is 11.9 Å². The van der Waals surface area contributed by atoms with E-state index in [0.717, 1.165) is 31.2 Å². The van der Waals surface area contributed by atoms with E-state index in [9.17, 15) is 13.2 Å². The van der Waals surface area contributed by atoms with Crippen LogP contribution < -0.4 is 10.0 Å². The van der Waals surface area contributed by atoms with Crippen LogP contribution in [-0.2, 0) is 20.2 Å². The highest BCUT2D eigenvalue weighted by molar-refractivity contribution is 7.92. The van der Waals surface area contributed by atoms with Crippen molar-refractivity contribution in [1.82, 2.24) is 9.97 Å². The molecule has 3 aromatic rings. The number of rotatable bonds is 6. The number of carbonyl (C=O) groups is 1. The van der Waals surface area contributed by atoms with E-state index in [0.29, 0.717) is 22.1 Å². The van der Waals surface area contributed by atoms with Crippen molar-refractivity contribution in [1.29, 1.82) is 0 Å². The largest absolute Gasteiger partial charge is 0.325 e. The third-order valence-electron chi connectivity index (χ3n) is 5.92. The van der Waals surface area contributed by atoms with Gasteiger partial charge >= 0.3 is 0 Å². The molecule has 1 aromatic heterocycles. The first kappa shape index (κ1) is 23.2. The van der Waals surface area contributed by atoms with E-state index in [-0.39, 0.29) is 16.8 Å². The lowest BCUT2D eigenvalue weighted by molar-refractivity contribution is -0.121. The maximum Gasteiger partial charge on any atom is 0.264 e. The summed E-state index contributed by atoms with van der Waals surface area (Å²) >= 11 is 6.03. The van der Waals surface area contributed by atoms with Crippen molar-refractivity contribution in [3.63, 3.8) is 0 Å². The molecule has 0 bridgehead atoms. The van der Waals surface area contributed by atoms with Gasteiger partial charge in [0, 0.05) is 22.1 Å². The van der Waals surface area contributed by atoms with Crippen LogP contribution in [0.3, 0.4) is 0 Å². The smallest absolute Gasteiger partial charge is 0.264 e. The van der Waals surface area contributed by atoms with E-state index in [1.165, 1.54) is 12.1 Å². The zero-order valence-electron chi connectivity index (χ0n) is 18.4. The zero-order valence-corrected chi connectivity index (χ0v) is 20.0. The molecule has 4 rings (SSSR count). The predicted octanol–water partition coefficient (Wildman–Crippen LogP) is 5.00. The van der Waals surface area contributed by atoms with Crippen molar-refractivity contribution >= 4 is 39.2 Å². The first-order chi connectivity index (χ1) is 15.7. The number of halogens is 1. The average Bonchev–Trinajstić information content (AvgIpc) is 3.25. The van der Waals surface area contributed by atoms with E-state index in [2.05, 4.69) is 20.0 Å². The van der Waals surface area contributed by atoms with Crippen molar-refractivity contribution in [3.8, 4) is 0 Å². The molecule has 9 heteroatoms. The van der Waals surface area contributed by atoms with Gasteiger partial charge in [0.1, 0.15) is 0 Å². The van der Waals surface area contributed by atoms with Crippen molar-refractivity contribution in [2.75, 3.05) is 10.0 Å². The lowest BCUT2D eigenvalue weighted by Gasteiger charge is -2.28. The van der Waals surface area contributed by atoms with Crippen LogP contribution >= 0.6 is 11.6 Å². The summed E-state index contributed by atoms with van der Waals surface area (Å²) in [4.78, 5) is 21.6. The van der Waals surface area contributed by atoms with Crippen LogP contribution in [0.2, 0.25) is 5.02 Å². The molecule has 0 spiro atoms. The highest BCUT2D eigenvalue weighted by Gasteiger charge is 2.42. The van der Waals surface area contributed by atoms with Gasteiger partial charge in [-0.3, -0.25) is 4.79 Å². The SMILES string of the molecule is Cc1cc(C)nc(NS(=O)(=O)c2ccc(NC(=O)C3(c4ccc(Cl)cc4)CCCC3)cc2)n1. The number of carbonyl (C=O) groups excluding carboxylic acids is 1. The highest BCUT2D eigenvalue weighted by atomic mass is 35.5. The van der Waals surface area contributed by atoms with Gasteiger partial charge in [-0.15, -0.1) is 0 Å². The first-order valence-corrected chi connectivity index (χ1v) is 12.6. The van der Waals surface area contributed by atoms with Crippen LogP contribution in [0.4, 0.5) is 11.6 Å². The Hall–Kier alpha value is -2.97. The van der Waals surface area contributed by atoms with Gasteiger partial charge in [-0.1, -0.05) is 36.6 Å². The number of sulfonamides is 1. The third kappa shape index (κ3) is 5.02. The summed E-state index contributed by atoms with van der Waals surface area (Å²) < 4.78 is 27.9. The standard InChI is InChI=1S/C24H25ClN4O3S/c1-16-15-17(2)27-23(26-16)29-33(31,32)21-11-9-20(10-12-21)28-22(30)24(13-3-4-14-24)18-5-7-19(25)8-6-18/h5-12,15H,3-4,13-14H2,1-2H3,(H,28,30)(H,26,27,29). The summed E-state index contributed by atoms with van der Waals surface area (Å²) in [7, 11) is -3.87. The Bertz CT molecular complexity index is 1250. The van der Waals surface area contributed by atoms with Crippen LogP contribution in [-0.4, -0.2) is 24.3 Å². The molecule has 1 heterocycles. The Morgan fingerprint density at radius 1 is 0.939 bits per heavy atom. The van der Waals surface area contributed by atoms with Gasteiger partial charge < -0.3 is 5.32 Å². The van der Waals surface area contributed by atoms with E-state index in [1.807, 2.05) is 12.1 Å². The van der Waals surface area contributed by atoms with E-state index in [1.54, 1.807) is 44.2 Å². The number of amides is 1. The molecular weight excluding hydrogens is 460 g/mol. The predicted molar refractivity (Wildman–Crippen MR) is 129 cm³/mol. The Balaban J connectivity index is 1.52. The molecule has 1 amide bonds. The molecule has 0 radical (unpaired) electrons. The van der Waals surface area contributed by atoms with E-state index in [4.69, 9.17) is 11.6 Å². The van der Waals surface area contributed by atoms with Crippen molar-refractivity contribution in [2.45, 2.75) is 49.8 Å². The minimum atomic E-state index is -3.87. The molecule has 2 N–H and O–H groups in total. The van der Waals surface area contributed by atoms with E-state index >= 15 is 0 Å². The van der Waals surface area contributed by atoms with Gasteiger partial charge in [-0.25, -0.2) is 23.1 Å². The Kier molecular flexibility index (Phi) is 6.41. The number of aryl methyl sites for hydroxylation is 2. The fourth-order valence-corrected chi connectivity index (χ4v) is 5.38. The lowest BCUT2D eigenvalue weighted by Crippen LogP contribution is -2.38. The summed E-state index contributed by atoms with van der Waals surface area (Å²) in [6.07, 6.45) is 3.46. The molecule has 0 unspecified atom stereocenters. The molecule has 0 saturated heterocycles. The summed E-state index contributed by atoms with van der Waals surface area (Å²) in [5.41, 5.74) is 2.19.